The van der Waals surface area contributed by atoms with Gasteiger partial charge in [0.25, 0.3) is 0 Å². The molecule has 1 saturated heterocycles. The van der Waals surface area contributed by atoms with Crippen molar-refractivity contribution in [2.24, 2.45) is 10.4 Å². The fourth-order valence-electron chi connectivity index (χ4n) is 3.94. The fraction of sp³-hybridized carbons (Fsp3) is 0.900. The van der Waals surface area contributed by atoms with Gasteiger partial charge in [0.15, 0.2) is 5.96 Å². The minimum atomic E-state index is -0.356. The molecule has 28 heavy (non-hydrogen) atoms. The van der Waals surface area contributed by atoms with Crippen LogP contribution in [0.25, 0.3) is 0 Å². The highest BCUT2D eigenvalue weighted by atomic mass is 127. The molecule has 1 heterocycles. The third-order valence-corrected chi connectivity index (χ3v) is 5.66. The van der Waals surface area contributed by atoms with E-state index in [0.29, 0.717) is 13.1 Å². The van der Waals surface area contributed by atoms with Gasteiger partial charge in [-0.15, -0.1) is 24.0 Å². The molecule has 1 amide bonds. The summed E-state index contributed by atoms with van der Waals surface area (Å²) in [5.41, 5.74) is -0.147. The zero-order chi connectivity index (χ0) is 19.8. The summed E-state index contributed by atoms with van der Waals surface area (Å²) in [6.45, 7) is 11.6. The van der Waals surface area contributed by atoms with Gasteiger partial charge in [-0.25, -0.2) is 0 Å². The van der Waals surface area contributed by atoms with Gasteiger partial charge in [0.1, 0.15) is 0 Å². The lowest BCUT2D eigenvalue weighted by atomic mass is 9.80. The highest BCUT2D eigenvalue weighted by Gasteiger charge is 2.38. The second kappa shape index (κ2) is 12.2. The largest absolute Gasteiger partial charge is 0.379 e. The molecular formula is C20H40IN5O2. The molecule has 1 aliphatic carbocycles. The molecule has 0 spiro atoms. The predicted octanol–water partition coefficient (Wildman–Crippen LogP) is 1.97. The zero-order valence-electron chi connectivity index (χ0n) is 18.1. The van der Waals surface area contributed by atoms with Crippen LogP contribution in [0.3, 0.4) is 0 Å². The average Bonchev–Trinajstić information content (AvgIpc) is 2.68. The summed E-state index contributed by atoms with van der Waals surface area (Å²) in [6.07, 6.45) is 6.40. The van der Waals surface area contributed by atoms with E-state index in [1.807, 2.05) is 20.8 Å². The van der Waals surface area contributed by atoms with E-state index in [9.17, 15) is 4.79 Å². The number of nitrogens with one attached hydrogen (secondary N) is 3. The number of aliphatic imine (C=N–C) groups is 1. The van der Waals surface area contributed by atoms with Crippen LogP contribution in [0.1, 0.15) is 52.9 Å². The molecule has 0 radical (unpaired) electrons. The van der Waals surface area contributed by atoms with Crippen LogP contribution in [0.15, 0.2) is 4.99 Å². The van der Waals surface area contributed by atoms with Gasteiger partial charge in [-0.3, -0.25) is 14.7 Å². The summed E-state index contributed by atoms with van der Waals surface area (Å²) < 4.78 is 5.56. The maximum atomic E-state index is 11.9. The Balaban J connectivity index is 0.00000392. The molecule has 0 bridgehead atoms. The SMILES string of the molecule is CN=C(NCCNC(=O)C(C)(C)C)NCC1(N2CCOCC2)CCCCC1.I. The molecule has 2 rings (SSSR count). The lowest BCUT2D eigenvalue weighted by Crippen LogP contribution is -2.60. The maximum Gasteiger partial charge on any atom is 0.225 e. The monoisotopic (exact) mass is 509 g/mol. The van der Waals surface area contributed by atoms with Crippen molar-refractivity contribution in [1.82, 2.24) is 20.9 Å². The Kier molecular flexibility index (Phi) is 11.1. The van der Waals surface area contributed by atoms with Gasteiger partial charge in [0.2, 0.25) is 5.91 Å². The van der Waals surface area contributed by atoms with Gasteiger partial charge in [-0.1, -0.05) is 40.0 Å². The first-order valence-electron chi connectivity index (χ1n) is 10.4. The van der Waals surface area contributed by atoms with E-state index >= 15 is 0 Å². The molecule has 1 aliphatic heterocycles. The lowest BCUT2D eigenvalue weighted by Gasteiger charge is -2.48. The topological polar surface area (TPSA) is 78.0 Å². The minimum absolute atomic E-state index is 0. The van der Waals surface area contributed by atoms with Crippen molar-refractivity contribution in [3.63, 3.8) is 0 Å². The van der Waals surface area contributed by atoms with E-state index in [1.54, 1.807) is 7.05 Å². The number of rotatable bonds is 6. The molecule has 164 valence electrons. The number of hydrogen-bond acceptors (Lipinski definition) is 4. The Labute approximate surface area is 187 Å². The summed E-state index contributed by atoms with van der Waals surface area (Å²) in [6, 6.07) is 0. The molecule has 8 heteroatoms. The van der Waals surface area contributed by atoms with Crippen molar-refractivity contribution in [3.8, 4) is 0 Å². The van der Waals surface area contributed by atoms with E-state index in [0.717, 1.165) is 38.8 Å². The Bertz CT molecular complexity index is 495. The van der Waals surface area contributed by atoms with E-state index in [1.165, 1.54) is 32.1 Å². The fourth-order valence-corrected chi connectivity index (χ4v) is 3.94. The summed E-state index contributed by atoms with van der Waals surface area (Å²) >= 11 is 0. The smallest absolute Gasteiger partial charge is 0.225 e. The third-order valence-electron chi connectivity index (χ3n) is 5.66. The normalized spacial score (nSPS) is 20.8. The van der Waals surface area contributed by atoms with Gasteiger partial charge in [-0.2, -0.15) is 0 Å². The number of amides is 1. The molecular weight excluding hydrogens is 469 g/mol. The molecule has 2 aliphatic rings. The van der Waals surface area contributed by atoms with Crippen molar-refractivity contribution in [3.05, 3.63) is 0 Å². The third kappa shape index (κ3) is 7.67. The minimum Gasteiger partial charge on any atom is -0.379 e. The Hall–Kier alpha value is -0.610. The van der Waals surface area contributed by atoms with Crippen molar-refractivity contribution < 1.29 is 9.53 Å². The Morgan fingerprint density at radius 3 is 2.21 bits per heavy atom. The highest BCUT2D eigenvalue weighted by Crippen LogP contribution is 2.33. The summed E-state index contributed by atoms with van der Waals surface area (Å²) in [4.78, 5) is 18.9. The number of hydrogen-bond donors (Lipinski definition) is 3. The average molecular weight is 509 g/mol. The first-order valence-corrected chi connectivity index (χ1v) is 10.4. The summed E-state index contributed by atoms with van der Waals surface area (Å²) in [5.74, 6) is 0.874. The van der Waals surface area contributed by atoms with Crippen LogP contribution in [-0.4, -0.2) is 75.3 Å². The number of nitrogens with zero attached hydrogens (tertiary/aromatic N) is 2. The Morgan fingerprint density at radius 1 is 1.04 bits per heavy atom. The summed E-state index contributed by atoms with van der Waals surface area (Å²) in [7, 11) is 1.80. The number of halogens is 1. The van der Waals surface area contributed by atoms with Crippen LogP contribution in [0.2, 0.25) is 0 Å². The molecule has 1 saturated carbocycles. The van der Waals surface area contributed by atoms with Crippen molar-refractivity contribution in [2.45, 2.75) is 58.4 Å². The Morgan fingerprint density at radius 2 is 1.64 bits per heavy atom. The van der Waals surface area contributed by atoms with Crippen molar-refractivity contribution >= 4 is 35.8 Å². The number of carbonyl (C=O) groups excluding carboxylic acids is 1. The number of morpholine rings is 1. The number of ether oxygens (including phenoxy) is 1. The predicted molar refractivity (Wildman–Crippen MR) is 125 cm³/mol. The van der Waals surface area contributed by atoms with Gasteiger partial charge >= 0.3 is 0 Å². The lowest BCUT2D eigenvalue weighted by molar-refractivity contribution is -0.128. The second-order valence-corrected chi connectivity index (χ2v) is 8.74. The van der Waals surface area contributed by atoms with Crippen LogP contribution in [-0.2, 0) is 9.53 Å². The van der Waals surface area contributed by atoms with Crippen LogP contribution in [0.4, 0.5) is 0 Å². The molecule has 0 aromatic carbocycles. The van der Waals surface area contributed by atoms with Gasteiger partial charge in [0.05, 0.1) is 13.2 Å². The van der Waals surface area contributed by atoms with Crippen LogP contribution in [0.5, 0.6) is 0 Å². The first-order chi connectivity index (χ1) is 12.9. The first kappa shape index (κ1) is 25.4. The molecule has 2 fully saturated rings. The summed E-state index contributed by atoms with van der Waals surface area (Å²) in [5, 5.41) is 9.82. The van der Waals surface area contributed by atoms with Crippen LogP contribution < -0.4 is 16.0 Å². The molecule has 7 nitrogen and oxygen atoms in total. The van der Waals surface area contributed by atoms with E-state index in [2.05, 4.69) is 25.8 Å². The quantitative estimate of drug-likeness (QED) is 0.221. The van der Waals surface area contributed by atoms with Crippen molar-refractivity contribution in [1.29, 1.82) is 0 Å². The maximum absolute atomic E-state index is 11.9. The van der Waals surface area contributed by atoms with E-state index in [-0.39, 0.29) is 40.8 Å². The van der Waals surface area contributed by atoms with Crippen LogP contribution in [0, 0.1) is 5.41 Å². The van der Waals surface area contributed by atoms with Crippen LogP contribution >= 0.6 is 24.0 Å². The molecule has 0 atom stereocenters. The van der Waals surface area contributed by atoms with Gasteiger partial charge in [-0.05, 0) is 12.8 Å². The number of carbonyl (C=O) groups is 1. The molecule has 3 N–H and O–H groups in total. The van der Waals surface area contributed by atoms with Crippen molar-refractivity contribution in [2.75, 3.05) is 53.0 Å². The zero-order valence-corrected chi connectivity index (χ0v) is 20.4. The van der Waals surface area contributed by atoms with Gasteiger partial charge in [0, 0.05) is 50.7 Å². The number of guanidine groups is 1. The molecule has 0 aromatic rings. The second-order valence-electron chi connectivity index (χ2n) is 8.74. The standard InChI is InChI=1S/C20H39N5O2.HI/c1-19(2,3)17(26)22-10-11-23-18(21-4)24-16-20(8-6-5-7-9-20)25-12-14-27-15-13-25;/h5-16H2,1-4H3,(H,22,26)(H2,21,23,24);1H. The van der Waals surface area contributed by atoms with Gasteiger partial charge < -0.3 is 20.7 Å². The van der Waals surface area contributed by atoms with E-state index < -0.39 is 0 Å². The molecule has 0 unspecified atom stereocenters. The van der Waals surface area contributed by atoms with E-state index in [4.69, 9.17) is 4.74 Å². The highest BCUT2D eigenvalue weighted by molar-refractivity contribution is 14.0. The molecule has 0 aromatic heterocycles.